The molecule has 4 aliphatic carbocycles. The lowest BCUT2D eigenvalue weighted by Crippen LogP contribution is -2.68. The van der Waals surface area contributed by atoms with Gasteiger partial charge in [-0.25, -0.2) is 0 Å². The van der Waals surface area contributed by atoms with E-state index >= 15 is 0 Å². The Labute approximate surface area is 137 Å². The molecular weight excluding hydrogens is 329 g/mol. The van der Waals surface area contributed by atoms with Gasteiger partial charge in [-0.1, -0.05) is 0 Å². The van der Waals surface area contributed by atoms with Crippen molar-refractivity contribution in [3.8, 4) is 0 Å². The minimum atomic E-state index is -4.63. The van der Waals surface area contributed by atoms with Gasteiger partial charge in [0.25, 0.3) is 0 Å². The minimum absolute atomic E-state index is 0.131. The van der Waals surface area contributed by atoms with E-state index in [9.17, 15) is 23.1 Å². The summed E-state index contributed by atoms with van der Waals surface area (Å²) in [4.78, 5) is 12.1. The molecular formula is C15H23F3N2O4. The molecule has 2 bridgehead atoms. The first kappa shape index (κ1) is 17.9. The van der Waals surface area contributed by atoms with Gasteiger partial charge < -0.3 is 20.9 Å². The van der Waals surface area contributed by atoms with Crippen LogP contribution >= 0.6 is 0 Å². The summed E-state index contributed by atoms with van der Waals surface area (Å²) in [5, 5.41) is 13.0. The molecule has 0 aliphatic heterocycles. The molecule has 0 saturated heterocycles. The smallest absolute Gasteiger partial charge is 0.391 e. The van der Waals surface area contributed by atoms with Crippen molar-refractivity contribution >= 4 is 5.91 Å². The Morgan fingerprint density at radius 3 is 2.38 bits per heavy atom. The lowest BCUT2D eigenvalue weighted by atomic mass is 9.60. The Bertz CT molecular complexity index is 486. The maximum Gasteiger partial charge on any atom is 0.522 e. The average molecular weight is 352 g/mol. The lowest BCUT2D eigenvalue weighted by molar-refractivity contribution is -0.357. The van der Waals surface area contributed by atoms with Crippen LogP contribution in [0.3, 0.4) is 0 Å². The normalized spacial score (nSPS) is 41.8. The van der Waals surface area contributed by atoms with E-state index in [0.29, 0.717) is 19.3 Å². The fraction of sp³-hybridized carbons (Fsp3) is 0.933. The number of rotatable bonds is 5. The molecule has 4 saturated carbocycles. The predicted octanol–water partition coefficient (Wildman–Crippen LogP) is 0.961. The predicted molar refractivity (Wildman–Crippen MR) is 76.8 cm³/mol. The first-order valence-electron chi connectivity index (χ1n) is 8.23. The molecule has 4 N–H and O–H groups in total. The molecule has 0 aromatic heterocycles. The van der Waals surface area contributed by atoms with Crippen LogP contribution in [0, 0.1) is 0 Å². The molecule has 1 atom stereocenters. The van der Waals surface area contributed by atoms with Crippen LogP contribution in [0.4, 0.5) is 13.2 Å². The van der Waals surface area contributed by atoms with Gasteiger partial charge in [-0.2, -0.15) is 0 Å². The van der Waals surface area contributed by atoms with Gasteiger partial charge in [-0.3, -0.25) is 9.53 Å². The summed E-state index contributed by atoms with van der Waals surface area (Å²) in [7, 11) is 0. The zero-order valence-corrected chi connectivity index (χ0v) is 13.3. The first-order valence-corrected chi connectivity index (χ1v) is 8.23. The highest BCUT2D eigenvalue weighted by molar-refractivity contribution is 5.78. The molecule has 4 fully saturated rings. The molecule has 0 unspecified atom stereocenters. The van der Waals surface area contributed by atoms with Gasteiger partial charge in [0.2, 0.25) is 5.91 Å². The van der Waals surface area contributed by atoms with Gasteiger partial charge in [0.05, 0.1) is 18.3 Å². The molecule has 0 aromatic rings. The molecule has 4 aliphatic rings. The van der Waals surface area contributed by atoms with E-state index in [0.717, 1.165) is 12.8 Å². The molecule has 0 aromatic carbocycles. The molecule has 1 amide bonds. The largest absolute Gasteiger partial charge is 0.522 e. The second kappa shape index (κ2) is 6.12. The molecule has 0 heterocycles. The Hall–Kier alpha value is -0.900. The molecule has 0 radical (unpaired) electrons. The van der Waals surface area contributed by atoms with Crippen molar-refractivity contribution in [2.75, 3.05) is 6.61 Å². The van der Waals surface area contributed by atoms with E-state index in [1.165, 1.54) is 0 Å². The number of amides is 1. The third-order valence-corrected chi connectivity index (χ3v) is 5.59. The lowest BCUT2D eigenvalue weighted by Gasteiger charge is -2.54. The van der Waals surface area contributed by atoms with Gasteiger partial charge >= 0.3 is 6.36 Å². The second-order valence-electron chi connectivity index (χ2n) is 7.37. The van der Waals surface area contributed by atoms with Crippen LogP contribution < -0.4 is 11.1 Å². The number of hydrogen-bond donors (Lipinski definition) is 3. The third-order valence-electron chi connectivity index (χ3n) is 5.59. The monoisotopic (exact) mass is 352 g/mol. The minimum Gasteiger partial charge on any atom is -0.391 e. The van der Waals surface area contributed by atoms with Crippen LogP contribution in [0.2, 0.25) is 0 Å². The maximum atomic E-state index is 12.1. The zero-order chi connectivity index (χ0) is 17.6. The number of nitrogens with two attached hydrogens (primary N) is 1. The summed E-state index contributed by atoms with van der Waals surface area (Å²) < 4.78 is 45.2. The van der Waals surface area contributed by atoms with E-state index in [-0.39, 0.29) is 31.5 Å². The topological polar surface area (TPSA) is 93.8 Å². The van der Waals surface area contributed by atoms with Crippen LogP contribution in [-0.4, -0.2) is 53.4 Å². The first-order chi connectivity index (χ1) is 11.1. The fourth-order valence-electron chi connectivity index (χ4n) is 3.94. The number of ether oxygens (including phenoxy) is 2. The van der Waals surface area contributed by atoms with E-state index < -0.39 is 29.6 Å². The van der Waals surface area contributed by atoms with Gasteiger partial charge in [0.15, 0.2) is 0 Å². The van der Waals surface area contributed by atoms with E-state index in [4.69, 9.17) is 10.5 Å². The van der Waals surface area contributed by atoms with Crippen LogP contribution in [0.1, 0.15) is 44.9 Å². The summed E-state index contributed by atoms with van der Waals surface area (Å²) in [6, 6.07) is 0. The van der Waals surface area contributed by atoms with Crippen LogP contribution in [0.25, 0.3) is 0 Å². The summed E-state index contributed by atoms with van der Waals surface area (Å²) in [6.45, 7) is -0.199. The fourth-order valence-corrected chi connectivity index (χ4v) is 3.94. The number of carbonyl (C=O) groups excluding carboxylic acids is 1. The van der Waals surface area contributed by atoms with Crippen molar-refractivity contribution in [2.45, 2.75) is 80.7 Å². The number of carbonyl (C=O) groups is 1. The Morgan fingerprint density at radius 1 is 1.21 bits per heavy atom. The number of hydrogen-bond acceptors (Lipinski definition) is 5. The number of halogens is 3. The standard InChI is InChI=1S/C15H23F3N2O4/c16-15(17,18)24-10-5-9(6-10)23-8-12(22)20-13-1-3-14(19,4-2-13)11(21)7-13/h9-11,21H,1-8,19H2,(H,20,22)/t9?,10?,11-,13?,14?/m0/s1. The van der Waals surface area contributed by atoms with E-state index in [1.807, 2.05) is 0 Å². The number of aliphatic hydroxyl groups is 1. The summed E-state index contributed by atoms with van der Waals surface area (Å²) in [6.07, 6.45) is -3.08. The van der Waals surface area contributed by atoms with Gasteiger partial charge in [-0.15, -0.1) is 13.2 Å². The van der Waals surface area contributed by atoms with Crippen molar-refractivity contribution in [3.63, 3.8) is 0 Å². The SMILES string of the molecule is NC12CCC(NC(=O)COC3CC(OC(F)(F)F)C3)(CC1)C[C@@H]2O. The van der Waals surface area contributed by atoms with Crippen LogP contribution in [0.15, 0.2) is 0 Å². The maximum absolute atomic E-state index is 12.1. The summed E-state index contributed by atoms with van der Waals surface area (Å²) >= 11 is 0. The van der Waals surface area contributed by atoms with Crippen LogP contribution in [-0.2, 0) is 14.3 Å². The molecule has 138 valence electrons. The van der Waals surface area contributed by atoms with Crippen molar-refractivity contribution in [1.82, 2.24) is 5.32 Å². The van der Waals surface area contributed by atoms with Gasteiger partial charge in [0.1, 0.15) is 6.61 Å². The molecule has 6 nitrogen and oxygen atoms in total. The number of aliphatic hydroxyl groups excluding tert-OH is 1. The van der Waals surface area contributed by atoms with E-state index in [2.05, 4.69) is 10.1 Å². The summed E-state index contributed by atoms with van der Waals surface area (Å²) in [5.74, 6) is -0.311. The number of fused-ring (bicyclic) bond motifs is 3. The Kier molecular flexibility index (Phi) is 4.57. The van der Waals surface area contributed by atoms with Gasteiger partial charge in [0, 0.05) is 23.9 Å². The third kappa shape index (κ3) is 3.84. The van der Waals surface area contributed by atoms with E-state index in [1.54, 1.807) is 0 Å². The molecule has 24 heavy (non-hydrogen) atoms. The Balaban J connectivity index is 1.38. The van der Waals surface area contributed by atoms with Gasteiger partial charge in [-0.05, 0) is 32.1 Å². The highest BCUT2D eigenvalue weighted by atomic mass is 19.4. The zero-order valence-electron chi connectivity index (χ0n) is 13.3. The van der Waals surface area contributed by atoms with Crippen LogP contribution in [0.5, 0.6) is 0 Å². The highest BCUT2D eigenvalue weighted by Gasteiger charge is 2.52. The van der Waals surface area contributed by atoms with Crippen molar-refractivity contribution in [2.24, 2.45) is 5.73 Å². The molecule has 4 rings (SSSR count). The number of alkyl halides is 3. The Morgan fingerprint density at radius 2 is 1.83 bits per heavy atom. The van der Waals surface area contributed by atoms with Crippen molar-refractivity contribution in [1.29, 1.82) is 0 Å². The van der Waals surface area contributed by atoms with Crippen molar-refractivity contribution in [3.05, 3.63) is 0 Å². The molecule has 0 spiro atoms. The highest BCUT2D eigenvalue weighted by Crippen LogP contribution is 2.45. The summed E-state index contributed by atoms with van der Waals surface area (Å²) in [5.41, 5.74) is 5.15. The second-order valence-corrected chi connectivity index (χ2v) is 7.37. The molecule has 9 heteroatoms. The van der Waals surface area contributed by atoms with Crippen molar-refractivity contribution < 1.29 is 32.5 Å². The average Bonchev–Trinajstić information content (AvgIpc) is 2.42. The number of nitrogens with one attached hydrogen (secondary N) is 1. The quantitative estimate of drug-likeness (QED) is 0.685.